The second-order valence-electron chi connectivity index (χ2n) is 5.77. The van der Waals surface area contributed by atoms with Crippen molar-refractivity contribution in [3.05, 3.63) is 29.6 Å². The number of rotatable bonds is 4. The molecule has 0 spiro atoms. The number of aromatic nitrogens is 5. The number of amides is 1. The van der Waals surface area contributed by atoms with E-state index < -0.39 is 5.91 Å². The van der Waals surface area contributed by atoms with Gasteiger partial charge in [-0.2, -0.15) is 10.1 Å². The molecule has 0 radical (unpaired) electrons. The van der Waals surface area contributed by atoms with Gasteiger partial charge in [0, 0.05) is 17.1 Å². The summed E-state index contributed by atoms with van der Waals surface area (Å²) >= 11 is 0. The largest absolute Gasteiger partial charge is 0.366 e. The molecule has 0 saturated heterocycles. The number of hydrogen-bond donors (Lipinski definition) is 3. The van der Waals surface area contributed by atoms with Crippen LogP contribution in [0.25, 0.3) is 10.9 Å². The van der Waals surface area contributed by atoms with E-state index in [0.29, 0.717) is 0 Å². The SMILES string of the molecule is Cc1cc(Nc2nc(N)nnc2C(N)=O)cc2cnn(C(C)C)c12. The maximum atomic E-state index is 11.5. The lowest BCUT2D eigenvalue weighted by atomic mass is 10.1. The molecular formula is C15H18N8O. The first-order chi connectivity index (χ1) is 11.4. The van der Waals surface area contributed by atoms with Crippen molar-refractivity contribution in [3.8, 4) is 0 Å². The minimum Gasteiger partial charge on any atom is -0.366 e. The third-order valence-corrected chi connectivity index (χ3v) is 3.57. The molecule has 24 heavy (non-hydrogen) atoms. The van der Waals surface area contributed by atoms with Crippen molar-refractivity contribution in [2.45, 2.75) is 26.8 Å². The van der Waals surface area contributed by atoms with E-state index in [1.807, 2.05) is 23.7 Å². The summed E-state index contributed by atoms with van der Waals surface area (Å²) in [5.74, 6) is -0.610. The minimum atomic E-state index is -0.733. The summed E-state index contributed by atoms with van der Waals surface area (Å²) in [6.45, 7) is 6.15. The van der Waals surface area contributed by atoms with E-state index >= 15 is 0 Å². The average molecular weight is 326 g/mol. The first-order valence-corrected chi connectivity index (χ1v) is 7.41. The molecule has 9 nitrogen and oxygen atoms in total. The number of fused-ring (bicyclic) bond motifs is 1. The first-order valence-electron chi connectivity index (χ1n) is 7.41. The summed E-state index contributed by atoms with van der Waals surface area (Å²) in [5.41, 5.74) is 13.6. The number of nitrogens with two attached hydrogens (primary N) is 2. The van der Waals surface area contributed by atoms with Crippen LogP contribution in [0.3, 0.4) is 0 Å². The third-order valence-electron chi connectivity index (χ3n) is 3.57. The van der Waals surface area contributed by atoms with Gasteiger partial charge in [0.2, 0.25) is 5.95 Å². The van der Waals surface area contributed by atoms with Gasteiger partial charge in [-0.1, -0.05) is 0 Å². The predicted molar refractivity (Wildman–Crippen MR) is 90.9 cm³/mol. The maximum absolute atomic E-state index is 11.5. The highest BCUT2D eigenvalue weighted by Gasteiger charge is 2.15. The Bertz CT molecular complexity index is 931. The molecule has 1 aromatic carbocycles. The van der Waals surface area contributed by atoms with Crippen molar-refractivity contribution in [3.63, 3.8) is 0 Å². The lowest BCUT2D eigenvalue weighted by molar-refractivity contribution is 0.0995. The third kappa shape index (κ3) is 2.71. The van der Waals surface area contributed by atoms with Gasteiger partial charge in [-0.25, -0.2) is 0 Å². The number of carbonyl (C=O) groups is 1. The lowest BCUT2D eigenvalue weighted by Crippen LogP contribution is -2.18. The number of anilines is 3. The fraction of sp³-hybridized carbons (Fsp3) is 0.267. The van der Waals surface area contributed by atoms with Gasteiger partial charge >= 0.3 is 0 Å². The highest BCUT2D eigenvalue weighted by atomic mass is 16.1. The molecule has 0 fully saturated rings. The molecule has 1 amide bonds. The minimum absolute atomic E-state index is 0.0482. The number of nitrogen functional groups attached to an aromatic ring is 1. The van der Waals surface area contributed by atoms with Gasteiger partial charge in [-0.05, 0) is 38.5 Å². The molecule has 0 aliphatic rings. The van der Waals surface area contributed by atoms with Crippen LogP contribution in [-0.4, -0.2) is 30.9 Å². The molecule has 0 saturated carbocycles. The monoisotopic (exact) mass is 326 g/mol. The summed E-state index contributed by atoms with van der Waals surface area (Å²) in [6, 6.07) is 4.11. The Balaban J connectivity index is 2.06. The van der Waals surface area contributed by atoms with Crippen LogP contribution in [0.4, 0.5) is 17.5 Å². The Labute approximate surface area is 138 Å². The molecule has 0 aliphatic heterocycles. The van der Waals surface area contributed by atoms with Gasteiger partial charge in [0.1, 0.15) is 0 Å². The zero-order valence-electron chi connectivity index (χ0n) is 13.6. The first kappa shape index (κ1) is 15.7. The molecule has 124 valence electrons. The van der Waals surface area contributed by atoms with Crippen molar-refractivity contribution >= 4 is 34.3 Å². The van der Waals surface area contributed by atoms with Crippen molar-refractivity contribution < 1.29 is 4.79 Å². The van der Waals surface area contributed by atoms with Gasteiger partial charge in [0.25, 0.3) is 5.91 Å². The number of aryl methyl sites for hydroxylation is 1. The normalized spacial score (nSPS) is 11.2. The van der Waals surface area contributed by atoms with Gasteiger partial charge in [0.05, 0.1) is 11.7 Å². The van der Waals surface area contributed by atoms with E-state index in [1.165, 1.54) is 0 Å². The Kier molecular flexibility index (Phi) is 3.76. The highest BCUT2D eigenvalue weighted by molar-refractivity contribution is 5.96. The number of hydrogen-bond acceptors (Lipinski definition) is 7. The van der Waals surface area contributed by atoms with Gasteiger partial charge in [-0.15, -0.1) is 10.2 Å². The van der Waals surface area contributed by atoms with Crippen molar-refractivity contribution in [1.82, 2.24) is 25.0 Å². The molecular weight excluding hydrogens is 308 g/mol. The van der Waals surface area contributed by atoms with Crippen LogP contribution in [0.5, 0.6) is 0 Å². The predicted octanol–water partition coefficient (Wildman–Crippen LogP) is 1.54. The van der Waals surface area contributed by atoms with Gasteiger partial charge in [0.15, 0.2) is 11.5 Å². The van der Waals surface area contributed by atoms with Crippen LogP contribution in [-0.2, 0) is 0 Å². The Morgan fingerprint density at radius 3 is 2.71 bits per heavy atom. The van der Waals surface area contributed by atoms with Crippen molar-refractivity contribution in [2.75, 3.05) is 11.1 Å². The van der Waals surface area contributed by atoms with Crippen LogP contribution < -0.4 is 16.8 Å². The Morgan fingerprint density at radius 2 is 2.04 bits per heavy atom. The standard InChI is InChI=1S/C15H18N8O/c1-7(2)23-12-8(3)4-10(5-9(12)6-18-23)19-14-11(13(16)24)21-22-15(17)20-14/h4-7H,1-3H3,(H2,16,24)(H3,17,19,20,22). The molecule has 0 aliphatic carbocycles. The number of benzene rings is 1. The molecule has 2 heterocycles. The van der Waals surface area contributed by atoms with E-state index in [-0.39, 0.29) is 23.5 Å². The van der Waals surface area contributed by atoms with Crippen molar-refractivity contribution in [1.29, 1.82) is 0 Å². The van der Waals surface area contributed by atoms with Crippen LogP contribution in [0.1, 0.15) is 35.9 Å². The van der Waals surface area contributed by atoms with E-state index in [4.69, 9.17) is 11.5 Å². The number of nitrogens with one attached hydrogen (secondary N) is 1. The fourth-order valence-electron chi connectivity index (χ4n) is 2.59. The fourth-order valence-corrected chi connectivity index (χ4v) is 2.59. The van der Waals surface area contributed by atoms with Crippen LogP contribution in [0.15, 0.2) is 18.3 Å². The smallest absolute Gasteiger partial charge is 0.273 e. The number of primary amides is 1. The second-order valence-corrected chi connectivity index (χ2v) is 5.77. The Hall–Kier alpha value is -3.23. The van der Waals surface area contributed by atoms with Crippen LogP contribution in [0, 0.1) is 6.92 Å². The maximum Gasteiger partial charge on any atom is 0.273 e. The van der Waals surface area contributed by atoms with E-state index in [1.54, 1.807) is 6.20 Å². The summed E-state index contributed by atoms with van der Waals surface area (Å²) in [6.07, 6.45) is 1.80. The summed E-state index contributed by atoms with van der Waals surface area (Å²) in [7, 11) is 0. The molecule has 3 aromatic rings. The second kappa shape index (κ2) is 5.76. The summed E-state index contributed by atoms with van der Waals surface area (Å²) in [5, 5.41) is 15.7. The molecule has 0 unspecified atom stereocenters. The average Bonchev–Trinajstić information content (AvgIpc) is 2.91. The Morgan fingerprint density at radius 1 is 1.29 bits per heavy atom. The molecule has 0 bridgehead atoms. The van der Waals surface area contributed by atoms with Gasteiger partial charge in [-0.3, -0.25) is 9.48 Å². The zero-order valence-corrected chi connectivity index (χ0v) is 13.6. The topological polar surface area (TPSA) is 138 Å². The van der Waals surface area contributed by atoms with E-state index in [2.05, 4.69) is 39.4 Å². The molecule has 2 aromatic heterocycles. The van der Waals surface area contributed by atoms with E-state index in [9.17, 15) is 4.79 Å². The number of nitrogens with zero attached hydrogens (tertiary/aromatic N) is 5. The lowest BCUT2D eigenvalue weighted by Gasteiger charge is -2.12. The van der Waals surface area contributed by atoms with Gasteiger partial charge < -0.3 is 16.8 Å². The summed E-state index contributed by atoms with van der Waals surface area (Å²) in [4.78, 5) is 15.5. The van der Waals surface area contributed by atoms with Crippen LogP contribution >= 0.6 is 0 Å². The highest BCUT2D eigenvalue weighted by Crippen LogP contribution is 2.27. The van der Waals surface area contributed by atoms with Crippen molar-refractivity contribution in [2.24, 2.45) is 5.73 Å². The van der Waals surface area contributed by atoms with Crippen LogP contribution in [0.2, 0.25) is 0 Å². The summed E-state index contributed by atoms with van der Waals surface area (Å²) < 4.78 is 1.97. The molecule has 0 atom stereocenters. The molecule has 9 heteroatoms. The quantitative estimate of drug-likeness (QED) is 0.661. The zero-order chi connectivity index (χ0) is 17.4. The number of carbonyl (C=O) groups excluding carboxylic acids is 1. The molecule has 3 rings (SSSR count). The molecule has 5 N–H and O–H groups in total. The van der Waals surface area contributed by atoms with E-state index in [0.717, 1.165) is 22.2 Å².